The molecule has 0 bridgehead atoms. The average molecular weight is 188 g/mol. The van der Waals surface area contributed by atoms with Gasteiger partial charge in [-0.15, -0.1) is 0 Å². The van der Waals surface area contributed by atoms with Crippen molar-refractivity contribution in [3.05, 3.63) is 0 Å². The van der Waals surface area contributed by atoms with Crippen LogP contribution in [0.2, 0.25) is 0 Å². The zero-order valence-corrected chi connectivity index (χ0v) is 6.57. The highest BCUT2D eigenvalue weighted by atomic mass is 32.2. The minimum atomic E-state index is -3.53. The lowest BCUT2D eigenvalue weighted by Crippen LogP contribution is -2.30. The molecule has 4 nitrogen and oxygen atoms in total. The molecule has 0 aliphatic carbocycles. The molecule has 3 N–H and O–H groups in total. The van der Waals surface area contributed by atoms with Crippen molar-refractivity contribution >= 4 is 10.0 Å². The number of sulfonamides is 1. The maximum absolute atomic E-state index is 11.4. The molecule has 0 saturated heterocycles. The van der Waals surface area contributed by atoms with Gasteiger partial charge in [0.1, 0.15) is 0 Å². The molecule has 0 aliphatic heterocycles. The van der Waals surface area contributed by atoms with Crippen LogP contribution in [0.25, 0.3) is 0 Å². The summed E-state index contributed by atoms with van der Waals surface area (Å²) in [6.07, 6.45) is -2.46. The van der Waals surface area contributed by atoms with Gasteiger partial charge in [0.15, 0.2) is 0 Å². The monoisotopic (exact) mass is 188 g/mol. The second-order valence-corrected chi connectivity index (χ2v) is 3.70. The smallest absolute Gasteiger partial charge is 0.250 e. The van der Waals surface area contributed by atoms with Gasteiger partial charge in [-0.3, -0.25) is 0 Å². The molecule has 0 heterocycles. The molecule has 0 atom stereocenters. The largest absolute Gasteiger partial charge is 0.310 e. The van der Waals surface area contributed by atoms with Gasteiger partial charge < -0.3 is 5.32 Å². The number of hydrogen-bond donors (Lipinski definition) is 2. The molecule has 11 heavy (non-hydrogen) atoms. The van der Waals surface area contributed by atoms with Crippen LogP contribution >= 0.6 is 0 Å². The van der Waals surface area contributed by atoms with E-state index in [1.165, 1.54) is 0 Å². The van der Waals surface area contributed by atoms with E-state index in [9.17, 15) is 17.2 Å². The van der Waals surface area contributed by atoms with Gasteiger partial charge in [0, 0.05) is 6.54 Å². The number of hydrogen-bond acceptors (Lipinski definition) is 3. The lowest BCUT2D eigenvalue weighted by atomic mass is 10.6. The molecule has 0 saturated carbocycles. The highest BCUT2D eigenvalue weighted by Gasteiger charge is 2.03. The fourth-order valence-electron chi connectivity index (χ4n) is 0.426. The first kappa shape index (κ1) is 10.7. The SMILES string of the molecule is NS(=O)(=O)CCNCC(F)F. The van der Waals surface area contributed by atoms with Gasteiger partial charge in [-0.05, 0) is 0 Å². The molecule has 0 aliphatic rings. The quantitative estimate of drug-likeness (QED) is 0.551. The van der Waals surface area contributed by atoms with Crippen molar-refractivity contribution in [2.24, 2.45) is 5.14 Å². The highest BCUT2D eigenvalue weighted by molar-refractivity contribution is 7.89. The van der Waals surface area contributed by atoms with Crippen molar-refractivity contribution in [2.45, 2.75) is 6.43 Å². The molecule has 0 aromatic heterocycles. The van der Waals surface area contributed by atoms with Crippen LogP contribution in [-0.4, -0.2) is 33.7 Å². The van der Waals surface area contributed by atoms with Gasteiger partial charge in [-0.25, -0.2) is 22.3 Å². The third-order valence-corrected chi connectivity index (χ3v) is 1.64. The van der Waals surface area contributed by atoms with E-state index in [2.05, 4.69) is 10.5 Å². The van der Waals surface area contributed by atoms with Gasteiger partial charge in [-0.2, -0.15) is 0 Å². The van der Waals surface area contributed by atoms with Gasteiger partial charge in [0.25, 0.3) is 6.43 Å². The Morgan fingerprint density at radius 1 is 1.45 bits per heavy atom. The maximum Gasteiger partial charge on any atom is 0.250 e. The fourth-order valence-corrected chi connectivity index (χ4v) is 0.854. The Bertz CT molecular complexity index is 192. The Morgan fingerprint density at radius 3 is 2.36 bits per heavy atom. The first-order valence-corrected chi connectivity index (χ1v) is 4.62. The summed E-state index contributed by atoms with van der Waals surface area (Å²) in [7, 11) is -3.53. The number of rotatable bonds is 5. The minimum Gasteiger partial charge on any atom is -0.310 e. The van der Waals surface area contributed by atoms with E-state index in [1.807, 2.05) is 0 Å². The van der Waals surface area contributed by atoms with Crippen LogP contribution in [0.15, 0.2) is 0 Å². The lowest BCUT2D eigenvalue weighted by Gasteiger charge is -2.01. The molecule has 0 aromatic carbocycles. The summed E-state index contributed by atoms with van der Waals surface area (Å²) in [6.45, 7) is -0.543. The number of nitrogens with two attached hydrogens (primary N) is 1. The molecule has 0 rings (SSSR count). The number of halogens is 2. The molecule has 0 aromatic rings. The van der Waals surface area contributed by atoms with Crippen LogP contribution in [0.3, 0.4) is 0 Å². The fraction of sp³-hybridized carbons (Fsp3) is 1.00. The van der Waals surface area contributed by atoms with Crippen LogP contribution in [0, 0.1) is 0 Å². The summed E-state index contributed by atoms with van der Waals surface area (Å²) in [5, 5.41) is 6.83. The van der Waals surface area contributed by atoms with Crippen LogP contribution in [-0.2, 0) is 10.0 Å². The first-order chi connectivity index (χ1) is 4.92. The predicted molar refractivity (Wildman–Crippen MR) is 36.8 cm³/mol. The zero-order valence-electron chi connectivity index (χ0n) is 5.76. The van der Waals surface area contributed by atoms with E-state index < -0.39 is 23.0 Å². The zero-order chi connectivity index (χ0) is 8.91. The van der Waals surface area contributed by atoms with E-state index in [4.69, 9.17) is 0 Å². The molecular formula is C4H10F2N2O2S. The molecule has 0 amide bonds. The van der Waals surface area contributed by atoms with Gasteiger partial charge in [0.05, 0.1) is 12.3 Å². The Hall–Kier alpha value is -0.270. The lowest BCUT2D eigenvalue weighted by molar-refractivity contribution is 0.147. The van der Waals surface area contributed by atoms with E-state index in [0.717, 1.165) is 0 Å². The summed E-state index contributed by atoms with van der Waals surface area (Å²) in [6, 6.07) is 0. The molecule has 7 heteroatoms. The standard InChI is InChI=1S/C4H10F2N2O2S/c5-4(6)3-8-1-2-11(7,9)10/h4,8H,1-3H2,(H2,7,9,10). The molecule has 0 fully saturated rings. The van der Waals surface area contributed by atoms with Gasteiger partial charge in [0.2, 0.25) is 10.0 Å². The van der Waals surface area contributed by atoms with Crippen LogP contribution in [0.5, 0.6) is 0 Å². The summed E-state index contributed by atoms with van der Waals surface area (Å²) in [4.78, 5) is 0. The molecular weight excluding hydrogens is 178 g/mol. The van der Waals surface area contributed by atoms with E-state index in [-0.39, 0.29) is 12.3 Å². The Balaban J connectivity index is 3.30. The highest BCUT2D eigenvalue weighted by Crippen LogP contribution is 1.86. The van der Waals surface area contributed by atoms with Crippen molar-refractivity contribution in [2.75, 3.05) is 18.8 Å². The van der Waals surface area contributed by atoms with E-state index in [0.29, 0.717) is 0 Å². The predicted octanol–water partition coefficient (Wildman–Crippen LogP) is -0.870. The van der Waals surface area contributed by atoms with E-state index >= 15 is 0 Å². The Morgan fingerprint density at radius 2 is 2.00 bits per heavy atom. The minimum absolute atomic E-state index is 0.0385. The molecule has 0 radical (unpaired) electrons. The summed E-state index contributed by atoms with van der Waals surface area (Å²) in [5.41, 5.74) is 0. The molecule has 68 valence electrons. The number of primary sulfonamides is 1. The third-order valence-electron chi connectivity index (χ3n) is 0.862. The Labute approximate surface area is 63.8 Å². The summed E-state index contributed by atoms with van der Waals surface area (Å²) in [5.74, 6) is -0.320. The van der Waals surface area contributed by atoms with Gasteiger partial charge >= 0.3 is 0 Å². The number of alkyl halides is 2. The van der Waals surface area contributed by atoms with Crippen molar-refractivity contribution in [3.8, 4) is 0 Å². The summed E-state index contributed by atoms with van der Waals surface area (Å²) < 4.78 is 43.3. The van der Waals surface area contributed by atoms with Crippen LogP contribution < -0.4 is 10.5 Å². The van der Waals surface area contributed by atoms with Crippen molar-refractivity contribution in [3.63, 3.8) is 0 Å². The first-order valence-electron chi connectivity index (χ1n) is 2.91. The van der Waals surface area contributed by atoms with Crippen molar-refractivity contribution < 1.29 is 17.2 Å². The Kier molecular flexibility index (Phi) is 4.46. The van der Waals surface area contributed by atoms with Crippen molar-refractivity contribution in [1.82, 2.24) is 5.32 Å². The topological polar surface area (TPSA) is 72.2 Å². The molecule has 0 spiro atoms. The molecule has 0 unspecified atom stereocenters. The normalized spacial score (nSPS) is 12.4. The second-order valence-electron chi connectivity index (χ2n) is 1.96. The van der Waals surface area contributed by atoms with Crippen LogP contribution in [0.4, 0.5) is 8.78 Å². The second kappa shape index (κ2) is 4.58. The average Bonchev–Trinajstić information content (AvgIpc) is 1.78. The van der Waals surface area contributed by atoms with E-state index in [1.54, 1.807) is 0 Å². The van der Waals surface area contributed by atoms with Gasteiger partial charge in [-0.1, -0.05) is 0 Å². The number of nitrogens with one attached hydrogen (secondary N) is 1. The summed E-state index contributed by atoms with van der Waals surface area (Å²) >= 11 is 0. The van der Waals surface area contributed by atoms with Crippen molar-refractivity contribution in [1.29, 1.82) is 0 Å². The van der Waals surface area contributed by atoms with Crippen LogP contribution in [0.1, 0.15) is 0 Å². The third kappa shape index (κ3) is 9.73. The maximum atomic E-state index is 11.4.